The molecule has 10 heteroatoms. The quantitative estimate of drug-likeness (QED) is 0.507. The molecule has 2 atom stereocenters. The number of nitrogens with zero attached hydrogens (tertiary/aromatic N) is 2. The molecule has 0 saturated carbocycles. The van der Waals surface area contributed by atoms with Gasteiger partial charge in [0.2, 0.25) is 17.7 Å². The third-order valence-electron chi connectivity index (χ3n) is 6.30. The van der Waals surface area contributed by atoms with Crippen LogP contribution in [0.5, 0.6) is 5.88 Å². The zero-order valence-electron chi connectivity index (χ0n) is 18.5. The fourth-order valence-electron chi connectivity index (χ4n) is 4.56. The van der Waals surface area contributed by atoms with Crippen molar-refractivity contribution in [2.75, 3.05) is 13.1 Å². The largest absolute Gasteiger partial charge is 0.473 e. The van der Waals surface area contributed by atoms with Crippen molar-refractivity contribution in [3.05, 3.63) is 58.8 Å². The van der Waals surface area contributed by atoms with Gasteiger partial charge in [0.1, 0.15) is 12.1 Å². The summed E-state index contributed by atoms with van der Waals surface area (Å²) in [5.41, 5.74) is 2.21. The van der Waals surface area contributed by atoms with Crippen molar-refractivity contribution in [3.8, 4) is 5.88 Å². The molecule has 34 heavy (non-hydrogen) atoms. The zero-order chi connectivity index (χ0) is 23.7. The third-order valence-corrected chi connectivity index (χ3v) is 6.30. The van der Waals surface area contributed by atoms with E-state index in [1.54, 1.807) is 24.4 Å². The van der Waals surface area contributed by atoms with Crippen LogP contribution < -0.4 is 20.7 Å². The molecule has 2 fully saturated rings. The minimum atomic E-state index is -0.974. The van der Waals surface area contributed by atoms with Gasteiger partial charge in [0.25, 0.3) is 11.8 Å². The monoisotopic (exact) mass is 463 g/mol. The van der Waals surface area contributed by atoms with Crippen LogP contribution in [0.25, 0.3) is 0 Å². The van der Waals surface area contributed by atoms with Crippen molar-refractivity contribution in [2.24, 2.45) is 0 Å². The van der Waals surface area contributed by atoms with Gasteiger partial charge in [-0.1, -0.05) is 18.2 Å². The molecule has 10 nitrogen and oxygen atoms in total. The summed E-state index contributed by atoms with van der Waals surface area (Å²) in [6.45, 7) is 2.65. The Morgan fingerprint density at radius 2 is 1.94 bits per heavy atom. The SMILES string of the molecule is O=C1CCC(N2C(=O)c3cccc(CNCc4ccc(OC5CCNC5)nc4)c3C2=O)C(=O)N1. The summed E-state index contributed by atoms with van der Waals surface area (Å²) in [4.78, 5) is 55.2. The first kappa shape index (κ1) is 22.2. The number of hydrogen-bond acceptors (Lipinski definition) is 8. The van der Waals surface area contributed by atoms with E-state index in [9.17, 15) is 19.2 Å². The van der Waals surface area contributed by atoms with Crippen molar-refractivity contribution in [1.82, 2.24) is 25.8 Å². The Morgan fingerprint density at radius 1 is 1.06 bits per heavy atom. The van der Waals surface area contributed by atoms with Gasteiger partial charge < -0.3 is 15.4 Å². The maximum absolute atomic E-state index is 13.2. The summed E-state index contributed by atoms with van der Waals surface area (Å²) in [5, 5.41) is 8.75. The van der Waals surface area contributed by atoms with E-state index in [2.05, 4.69) is 20.9 Å². The van der Waals surface area contributed by atoms with E-state index in [-0.39, 0.29) is 24.5 Å². The molecular formula is C24H25N5O5. The summed E-state index contributed by atoms with van der Waals surface area (Å²) >= 11 is 0. The lowest BCUT2D eigenvalue weighted by Crippen LogP contribution is -2.54. The van der Waals surface area contributed by atoms with Gasteiger partial charge in [0.05, 0.1) is 11.1 Å². The highest BCUT2D eigenvalue weighted by molar-refractivity contribution is 6.24. The second-order valence-electron chi connectivity index (χ2n) is 8.63. The van der Waals surface area contributed by atoms with E-state index in [4.69, 9.17) is 4.74 Å². The number of carbonyl (C=O) groups is 4. The third kappa shape index (κ3) is 4.29. The molecule has 3 aliphatic heterocycles. The second kappa shape index (κ2) is 9.32. The molecule has 1 aromatic carbocycles. The van der Waals surface area contributed by atoms with Gasteiger partial charge in [-0.15, -0.1) is 0 Å². The van der Waals surface area contributed by atoms with Crippen LogP contribution in [0.3, 0.4) is 0 Å². The average molecular weight is 463 g/mol. The molecule has 2 saturated heterocycles. The predicted octanol–water partition coefficient (Wildman–Crippen LogP) is 0.513. The number of benzene rings is 1. The second-order valence-corrected chi connectivity index (χ2v) is 8.63. The predicted molar refractivity (Wildman–Crippen MR) is 120 cm³/mol. The van der Waals surface area contributed by atoms with Crippen molar-refractivity contribution in [1.29, 1.82) is 0 Å². The molecule has 0 radical (unpaired) electrons. The van der Waals surface area contributed by atoms with Crippen LogP contribution in [-0.2, 0) is 22.7 Å². The van der Waals surface area contributed by atoms with Crippen molar-refractivity contribution < 1.29 is 23.9 Å². The van der Waals surface area contributed by atoms with E-state index >= 15 is 0 Å². The maximum atomic E-state index is 13.2. The normalized spacial score (nSPS) is 22.2. The van der Waals surface area contributed by atoms with Crippen LogP contribution in [-0.4, -0.2) is 58.7 Å². The number of carbonyl (C=O) groups excluding carboxylic acids is 4. The molecule has 0 aliphatic carbocycles. The minimum Gasteiger partial charge on any atom is -0.473 e. The van der Waals surface area contributed by atoms with E-state index in [1.165, 1.54) is 0 Å². The number of amides is 4. The Kier molecular flexibility index (Phi) is 6.08. The molecule has 4 amide bonds. The number of imide groups is 2. The van der Waals surface area contributed by atoms with Crippen LogP contribution in [0.2, 0.25) is 0 Å². The van der Waals surface area contributed by atoms with Gasteiger partial charge in [-0.3, -0.25) is 29.4 Å². The highest BCUT2D eigenvalue weighted by Crippen LogP contribution is 2.30. The minimum absolute atomic E-state index is 0.0909. The summed E-state index contributed by atoms with van der Waals surface area (Å²) in [5.74, 6) is -1.43. The summed E-state index contributed by atoms with van der Waals surface area (Å²) in [7, 11) is 0. The lowest BCUT2D eigenvalue weighted by Gasteiger charge is -2.27. The molecule has 1 aromatic heterocycles. The fourth-order valence-corrected chi connectivity index (χ4v) is 4.56. The molecule has 2 aromatic rings. The number of nitrogens with one attached hydrogen (secondary N) is 3. The van der Waals surface area contributed by atoms with E-state index in [0.29, 0.717) is 30.1 Å². The number of fused-ring (bicyclic) bond motifs is 1. The van der Waals surface area contributed by atoms with Crippen LogP contribution in [0.4, 0.5) is 0 Å². The van der Waals surface area contributed by atoms with Crippen molar-refractivity contribution in [2.45, 2.75) is 44.5 Å². The highest BCUT2D eigenvalue weighted by atomic mass is 16.5. The summed E-state index contributed by atoms with van der Waals surface area (Å²) < 4.78 is 5.83. The standard InChI is InChI=1S/C24H25N5O5/c30-19-6-5-18(22(31)28-19)29-23(32)17-3-1-2-15(21(17)24(29)33)12-26-10-14-4-7-20(27-11-14)34-16-8-9-25-13-16/h1-4,7,11,16,18,25-26H,5-6,8-10,12-13H2,(H,28,30,31). The van der Waals surface area contributed by atoms with Crippen LogP contribution in [0.1, 0.15) is 51.1 Å². The number of ether oxygens (including phenoxy) is 1. The molecule has 3 aliphatic rings. The lowest BCUT2D eigenvalue weighted by molar-refractivity contribution is -0.136. The molecule has 4 heterocycles. The van der Waals surface area contributed by atoms with Gasteiger partial charge in [-0.25, -0.2) is 4.98 Å². The van der Waals surface area contributed by atoms with Gasteiger partial charge >= 0.3 is 0 Å². The van der Waals surface area contributed by atoms with Gasteiger partial charge in [-0.2, -0.15) is 0 Å². The molecule has 3 N–H and O–H groups in total. The van der Waals surface area contributed by atoms with Crippen molar-refractivity contribution in [3.63, 3.8) is 0 Å². The van der Waals surface area contributed by atoms with Crippen LogP contribution >= 0.6 is 0 Å². The van der Waals surface area contributed by atoms with Gasteiger partial charge in [-0.05, 0) is 36.6 Å². The Bertz CT molecular complexity index is 1140. The van der Waals surface area contributed by atoms with E-state index in [1.807, 2.05) is 12.1 Å². The average Bonchev–Trinajstić information content (AvgIpc) is 3.42. The number of aromatic nitrogens is 1. The van der Waals surface area contributed by atoms with Gasteiger partial charge in [0.15, 0.2) is 0 Å². The first-order chi connectivity index (χ1) is 16.5. The van der Waals surface area contributed by atoms with Gasteiger partial charge in [0, 0.05) is 38.3 Å². The fraction of sp³-hybridized carbons (Fsp3) is 0.375. The highest BCUT2D eigenvalue weighted by Gasteiger charge is 2.45. The summed E-state index contributed by atoms with van der Waals surface area (Å²) in [6.07, 6.45) is 3.09. The Balaban J connectivity index is 1.23. The Morgan fingerprint density at radius 3 is 2.68 bits per heavy atom. The number of rotatable bonds is 7. The topological polar surface area (TPSA) is 130 Å². The molecular weight excluding hydrogens is 438 g/mol. The number of hydrogen-bond donors (Lipinski definition) is 3. The molecule has 176 valence electrons. The van der Waals surface area contributed by atoms with Crippen LogP contribution in [0.15, 0.2) is 36.5 Å². The van der Waals surface area contributed by atoms with Crippen LogP contribution in [0, 0.1) is 0 Å². The maximum Gasteiger partial charge on any atom is 0.262 e. The molecule has 2 unspecified atom stereocenters. The van der Waals surface area contributed by atoms with Crippen molar-refractivity contribution >= 4 is 23.6 Å². The molecule has 5 rings (SSSR count). The number of pyridine rings is 1. The first-order valence-corrected chi connectivity index (χ1v) is 11.4. The molecule has 0 bridgehead atoms. The molecule has 0 spiro atoms. The van der Waals surface area contributed by atoms with E-state index in [0.717, 1.165) is 30.0 Å². The smallest absolute Gasteiger partial charge is 0.262 e. The Labute approximate surface area is 196 Å². The zero-order valence-corrected chi connectivity index (χ0v) is 18.5. The lowest BCUT2D eigenvalue weighted by atomic mass is 10.0. The Hall–Kier alpha value is -3.63. The van der Waals surface area contributed by atoms with E-state index < -0.39 is 29.7 Å². The number of piperidine rings is 1. The first-order valence-electron chi connectivity index (χ1n) is 11.4. The summed E-state index contributed by atoms with van der Waals surface area (Å²) in [6, 6.07) is 7.91.